The molecule has 0 saturated heterocycles. The number of carbonyl (C=O) groups is 1. The van der Waals surface area contributed by atoms with Crippen LogP contribution < -0.4 is 0 Å². The molecule has 0 bridgehead atoms. The maximum atomic E-state index is 10.7. The van der Waals surface area contributed by atoms with Gasteiger partial charge in [-0.1, -0.05) is 0 Å². The number of aryl methyl sites for hydroxylation is 2. The summed E-state index contributed by atoms with van der Waals surface area (Å²) in [7, 11) is 0. The molecule has 0 atom stereocenters. The molecule has 0 aliphatic heterocycles. The number of nitrogens with zero attached hydrogens (tertiary/aromatic N) is 3. The van der Waals surface area contributed by atoms with Crippen LogP contribution in [0, 0.1) is 13.8 Å². The van der Waals surface area contributed by atoms with Gasteiger partial charge in [0.1, 0.15) is 23.3 Å². The predicted molar refractivity (Wildman–Crippen MR) is 43.7 cm³/mol. The quantitative estimate of drug-likeness (QED) is 0.644. The van der Waals surface area contributed by atoms with Crippen LogP contribution in [-0.4, -0.2) is 20.7 Å². The summed E-state index contributed by atoms with van der Waals surface area (Å²) in [5.41, 5.74) is 0. The zero-order valence-electron chi connectivity index (χ0n) is 7.46. The Bertz CT molecular complexity index is 289. The van der Waals surface area contributed by atoms with Gasteiger partial charge in [0, 0.05) is 0 Å². The van der Waals surface area contributed by atoms with Gasteiger partial charge in [0.2, 0.25) is 0 Å². The van der Waals surface area contributed by atoms with Gasteiger partial charge < -0.3 is 0 Å². The number of aromatic nitrogens is 3. The fraction of sp³-hybridized carbons (Fsp3) is 0.500. The summed E-state index contributed by atoms with van der Waals surface area (Å²) >= 11 is 0. The molecule has 0 N–H and O–H groups in total. The normalized spacial score (nSPS) is 9.92. The minimum atomic E-state index is 0.0694. The Labute approximate surface area is 71.1 Å². The van der Waals surface area contributed by atoms with Crippen LogP contribution in [0.25, 0.3) is 0 Å². The molecule has 4 heteroatoms. The summed E-state index contributed by atoms with van der Waals surface area (Å²) < 4.78 is 0. The van der Waals surface area contributed by atoms with E-state index in [4.69, 9.17) is 0 Å². The average Bonchev–Trinajstić information content (AvgIpc) is 1.81. The van der Waals surface area contributed by atoms with Gasteiger partial charge >= 0.3 is 0 Å². The largest absolute Gasteiger partial charge is 0.300 e. The van der Waals surface area contributed by atoms with Crippen molar-refractivity contribution >= 4 is 5.78 Å². The van der Waals surface area contributed by atoms with Crippen LogP contribution in [0.15, 0.2) is 0 Å². The Kier molecular flexibility index (Phi) is 2.47. The van der Waals surface area contributed by atoms with Crippen molar-refractivity contribution in [2.24, 2.45) is 0 Å². The SMILES string of the molecule is CC(=O)Cc1nc(C)nc(C)n1. The van der Waals surface area contributed by atoms with E-state index in [2.05, 4.69) is 15.0 Å². The Morgan fingerprint density at radius 1 is 1.17 bits per heavy atom. The van der Waals surface area contributed by atoms with E-state index in [1.807, 2.05) is 0 Å². The lowest BCUT2D eigenvalue weighted by atomic mass is 10.3. The third-order valence-corrected chi connectivity index (χ3v) is 1.31. The Hall–Kier alpha value is -1.32. The molecule has 0 radical (unpaired) electrons. The van der Waals surface area contributed by atoms with Gasteiger partial charge in [0.25, 0.3) is 0 Å². The lowest BCUT2D eigenvalue weighted by molar-refractivity contribution is -0.116. The summed E-state index contributed by atoms with van der Waals surface area (Å²) in [5, 5.41) is 0. The smallest absolute Gasteiger partial charge is 0.139 e. The second-order valence-electron chi connectivity index (χ2n) is 2.72. The molecule has 64 valence electrons. The second kappa shape index (κ2) is 3.38. The van der Waals surface area contributed by atoms with Crippen LogP contribution >= 0.6 is 0 Å². The third-order valence-electron chi connectivity index (χ3n) is 1.31. The molecule has 0 amide bonds. The molecule has 0 aliphatic carbocycles. The minimum absolute atomic E-state index is 0.0694. The van der Waals surface area contributed by atoms with E-state index in [-0.39, 0.29) is 5.78 Å². The average molecular weight is 165 g/mol. The Morgan fingerprint density at radius 2 is 1.67 bits per heavy atom. The molecular formula is C8H11N3O. The summed E-state index contributed by atoms with van der Waals surface area (Å²) in [6.07, 6.45) is 0.296. The molecule has 1 aromatic heterocycles. The second-order valence-corrected chi connectivity index (χ2v) is 2.72. The summed E-state index contributed by atoms with van der Waals surface area (Å²) in [4.78, 5) is 22.8. The first-order chi connectivity index (χ1) is 5.58. The van der Waals surface area contributed by atoms with Crippen LogP contribution in [0.2, 0.25) is 0 Å². The molecule has 0 aromatic carbocycles. The van der Waals surface area contributed by atoms with Gasteiger partial charge in [-0.25, -0.2) is 15.0 Å². The van der Waals surface area contributed by atoms with E-state index in [1.54, 1.807) is 13.8 Å². The fourth-order valence-corrected chi connectivity index (χ4v) is 0.984. The predicted octanol–water partition coefficient (Wildman–Crippen LogP) is 0.620. The lowest BCUT2D eigenvalue weighted by Crippen LogP contribution is -2.06. The molecule has 0 spiro atoms. The zero-order valence-corrected chi connectivity index (χ0v) is 7.46. The highest BCUT2D eigenvalue weighted by Crippen LogP contribution is 1.95. The van der Waals surface area contributed by atoms with Crippen LogP contribution in [0.5, 0.6) is 0 Å². The van der Waals surface area contributed by atoms with E-state index in [0.717, 1.165) is 0 Å². The maximum Gasteiger partial charge on any atom is 0.139 e. The monoisotopic (exact) mass is 165 g/mol. The minimum Gasteiger partial charge on any atom is -0.300 e. The van der Waals surface area contributed by atoms with E-state index in [0.29, 0.717) is 23.9 Å². The standard InChI is InChI=1S/C8H11N3O/c1-5(12)4-8-10-6(2)9-7(3)11-8/h4H2,1-3H3. The van der Waals surface area contributed by atoms with Crippen molar-refractivity contribution in [3.8, 4) is 0 Å². The Balaban J connectivity index is 2.93. The van der Waals surface area contributed by atoms with Crippen molar-refractivity contribution in [1.82, 2.24) is 15.0 Å². The molecule has 0 aliphatic rings. The Morgan fingerprint density at radius 3 is 2.08 bits per heavy atom. The van der Waals surface area contributed by atoms with E-state index in [1.165, 1.54) is 6.92 Å². The van der Waals surface area contributed by atoms with Crippen molar-refractivity contribution in [3.63, 3.8) is 0 Å². The van der Waals surface area contributed by atoms with Gasteiger partial charge in [-0.2, -0.15) is 0 Å². The van der Waals surface area contributed by atoms with E-state index < -0.39 is 0 Å². The molecule has 1 heterocycles. The molecular weight excluding hydrogens is 154 g/mol. The van der Waals surface area contributed by atoms with Crippen molar-refractivity contribution in [2.75, 3.05) is 0 Å². The third kappa shape index (κ3) is 2.38. The van der Waals surface area contributed by atoms with E-state index in [9.17, 15) is 4.79 Å². The molecule has 0 fully saturated rings. The summed E-state index contributed by atoms with van der Waals surface area (Å²) in [5.74, 6) is 1.96. The number of hydrogen-bond donors (Lipinski definition) is 0. The summed E-state index contributed by atoms with van der Waals surface area (Å²) in [6, 6.07) is 0. The maximum absolute atomic E-state index is 10.7. The van der Waals surface area contributed by atoms with Crippen molar-refractivity contribution < 1.29 is 4.79 Å². The van der Waals surface area contributed by atoms with Crippen LogP contribution in [-0.2, 0) is 11.2 Å². The first-order valence-electron chi connectivity index (χ1n) is 3.75. The molecule has 1 aromatic rings. The topological polar surface area (TPSA) is 55.7 Å². The summed E-state index contributed by atoms with van der Waals surface area (Å²) in [6.45, 7) is 5.10. The van der Waals surface area contributed by atoms with Crippen LogP contribution in [0.1, 0.15) is 24.4 Å². The van der Waals surface area contributed by atoms with Crippen LogP contribution in [0.3, 0.4) is 0 Å². The van der Waals surface area contributed by atoms with Crippen molar-refractivity contribution in [3.05, 3.63) is 17.5 Å². The van der Waals surface area contributed by atoms with Gasteiger partial charge in [0.15, 0.2) is 0 Å². The zero-order chi connectivity index (χ0) is 9.14. The first kappa shape index (κ1) is 8.77. The van der Waals surface area contributed by atoms with Gasteiger partial charge in [-0.3, -0.25) is 4.79 Å². The highest BCUT2D eigenvalue weighted by atomic mass is 16.1. The fourth-order valence-electron chi connectivity index (χ4n) is 0.984. The highest BCUT2D eigenvalue weighted by molar-refractivity contribution is 5.77. The number of Topliss-reactive ketones (excluding diaryl/α,β-unsaturated/α-hetero) is 1. The molecule has 1 rings (SSSR count). The molecule has 0 unspecified atom stereocenters. The van der Waals surface area contributed by atoms with Crippen molar-refractivity contribution in [1.29, 1.82) is 0 Å². The molecule has 0 saturated carbocycles. The molecule has 12 heavy (non-hydrogen) atoms. The number of hydrogen-bond acceptors (Lipinski definition) is 4. The molecule has 4 nitrogen and oxygen atoms in total. The van der Waals surface area contributed by atoms with Crippen LogP contribution in [0.4, 0.5) is 0 Å². The first-order valence-corrected chi connectivity index (χ1v) is 3.75. The highest BCUT2D eigenvalue weighted by Gasteiger charge is 2.02. The van der Waals surface area contributed by atoms with Gasteiger partial charge in [-0.15, -0.1) is 0 Å². The lowest BCUT2D eigenvalue weighted by Gasteiger charge is -1.98. The van der Waals surface area contributed by atoms with Gasteiger partial charge in [-0.05, 0) is 20.8 Å². The van der Waals surface area contributed by atoms with Crippen molar-refractivity contribution in [2.45, 2.75) is 27.2 Å². The van der Waals surface area contributed by atoms with E-state index >= 15 is 0 Å². The van der Waals surface area contributed by atoms with Gasteiger partial charge in [0.05, 0.1) is 6.42 Å². The number of carbonyl (C=O) groups excluding carboxylic acids is 1. The number of rotatable bonds is 2. The number of ketones is 1.